The van der Waals surface area contributed by atoms with E-state index in [0.717, 1.165) is 24.0 Å². The van der Waals surface area contributed by atoms with Gasteiger partial charge in [0.25, 0.3) is 0 Å². The van der Waals surface area contributed by atoms with E-state index in [9.17, 15) is 0 Å². The van der Waals surface area contributed by atoms with Gasteiger partial charge in [-0.25, -0.2) is 9.97 Å². The molecular formula is C17H20N2O2. The highest BCUT2D eigenvalue weighted by atomic mass is 16.5. The van der Waals surface area contributed by atoms with Gasteiger partial charge in [-0.15, -0.1) is 0 Å². The van der Waals surface area contributed by atoms with Gasteiger partial charge in [0.1, 0.15) is 0 Å². The average Bonchev–Trinajstić information content (AvgIpc) is 2.53. The van der Waals surface area contributed by atoms with Crippen LogP contribution in [0.4, 0.5) is 0 Å². The van der Waals surface area contributed by atoms with E-state index in [-0.39, 0.29) is 6.61 Å². The molecule has 0 aliphatic carbocycles. The monoisotopic (exact) mass is 284 g/mol. The minimum Gasteiger partial charge on any atom is -0.491 e. The number of unbranched alkanes of at least 4 members (excludes halogenated alkanes) is 1. The number of aliphatic hydroxyl groups excluding tert-OH is 1. The fourth-order valence-corrected chi connectivity index (χ4v) is 1.88. The van der Waals surface area contributed by atoms with Crippen molar-refractivity contribution in [2.75, 3.05) is 13.2 Å². The molecule has 2 rings (SSSR count). The molecule has 110 valence electrons. The number of allylic oxidation sites excluding steroid dienone is 1. The SMILES string of the molecule is CCOc1cnc(-c2ccc(C=CCCCO)cc2)nc1. The maximum Gasteiger partial charge on any atom is 0.159 e. The second kappa shape index (κ2) is 8.17. The van der Waals surface area contributed by atoms with Gasteiger partial charge >= 0.3 is 0 Å². The molecule has 0 aliphatic rings. The van der Waals surface area contributed by atoms with Crippen LogP contribution in [0.15, 0.2) is 42.7 Å². The first-order valence-corrected chi connectivity index (χ1v) is 7.16. The Morgan fingerprint density at radius 1 is 1.14 bits per heavy atom. The van der Waals surface area contributed by atoms with Crippen LogP contribution in [0, 0.1) is 0 Å². The number of benzene rings is 1. The molecule has 1 aromatic heterocycles. The molecule has 0 spiro atoms. The maximum absolute atomic E-state index is 8.72. The fraction of sp³-hybridized carbons (Fsp3) is 0.294. The molecule has 0 aliphatic heterocycles. The van der Waals surface area contributed by atoms with Crippen molar-refractivity contribution < 1.29 is 9.84 Å². The Morgan fingerprint density at radius 3 is 2.48 bits per heavy atom. The van der Waals surface area contributed by atoms with Crippen LogP contribution in [0.25, 0.3) is 17.5 Å². The summed E-state index contributed by atoms with van der Waals surface area (Å²) in [5.41, 5.74) is 2.10. The van der Waals surface area contributed by atoms with Crippen molar-refractivity contribution in [3.63, 3.8) is 0 Å². The molecule has 1 N–H and O–H groups in total. The highest BCUT2D eigenvalue weighted by Gasteiger charge is 2.01. The largest absolute Gasteiger partial charge is 0.491 e. The topological polar surface area (TPSA) is 55.2 Å². The number of ether oxygens (including phenoxy) is 1. The molecule has 1 heterocycles. The van der Waals surface area contributed by atoms with Crippen molar-refractivity contribution in [2.45, 2.75) is 19.8 Å². The van der Waals surface area contributed by atoms with E-state index >= 15 is 0 Å². The Balaban J connectivity index is 2.02. The molecule has 0 atom stereocenters. The molecule has 2 aromatic rings. The van der Waals surface area contributed by atoms with E-state index < -0.39 is 0 Å². The summed E-state index contributed by atoms with van der Waals surface area (Å²) < 4.78 is 5.33. The van der Waals surface area contributed by atoms with Crippen LogP contribution >= 0.6 is 0 Å². The van der Waals surface area contributed by atoms with Crippen LogP contribution in [0.1, 0.15) is 25.3 Å². The van der Waals surface area contributed by atoms with Crippen molar-refractivity contribution in [3.05, 3.63) is 48.3 Å². The zero-order chi connectivity index (χ0) is 14.9. The van der Waals surface area contributed by atoms with Crippen LogP contribution in [0.3, 0.4) is 0 Å². The van der Waals surface area contributed by atoms with Gasteiger partial charge in [0, 0.05) is 12.2 Å². The van der Waals surface area contributed by atoms with Crippen LogP contribution < -0.4 is 4.74 Å². The Morgan fingerprint density at radius 2 is 1.86 bits per heavy atom. The molecule has 0 amide bonds. The summed E-state index contributed by atoms with van der Waals surface area (Å²) in [6, 6.07) is 8.07. The number of nitrogens with zero attached hydrogens (tertiary/aromatic N) is 2. The second-order valence-corrected chi connectivity index (χ2v) is 4.57. The summed E-state index contributed by atoms with van der Waals surface area (Å²) in [6.45, 7) is 2.78. The molecule has 0 saturated carbocycles. The van der Waals surface area contributed by atoms with Crippen LogP contribution in [-0.2, 0) is 0 Å². The summed E-state index contributed by atoms with van der Waals surface area (Å²) in [5.74, 6) is 1.37. The standard InChI is InChI=1S/C17H20N2O2/c1-2-21-16-12-18-17(19-13-16)15-9-7-14(8-10-15)6-4-3-5-11-20/h4,6-10,12-13,20H,2-3,5,11H2,1H3. The summed E-state index contributed by atoms with van der Waals surface area (Å²) in [6.07, 6.45) is 9.19. The fourth-order valence-electron chi connectivity index (χ4n) is 1.88. The number of hydrogen-bond donors (Lipinski definition) is 1. The molecule has 0 unspecified atom stereocenters. The van der Waals surface area contributed by atoms with Crippen molar-refractivity contribution in [1.29, 1.82) is 0 Å². The quantitative estimate of drug-likeness (QED) is 0.792. The molecule has 0 fully saturated rings. The van der Waals surface area contributed by atoms with Crippen molar-refractivity contribution in [1.82, 2.24) is 9.97 Å². The summed E-state index contributed by atoms with van der Waals surface area (Å²) in [7, 11) is 0. The summed E-state index contributed by atoms with van der Waals surface area (Å²) in [4.78, 5) is 8.60. The van der Waals surface area contributed by atoms with Gasteiger partial charge in [-0.1, -0.05) is 36.4 Å². The molecule has 1 aromatic carbocycles. The number of aliphatic hydroxyl groups is 1. The third-order valence-corrected chi connectivity index (χ3v) is 2.95. The molecule has 0 bridgehead atoms. The first-order valence-electron chi connectivity index (χ1n) is 7.16. The van der Waals surface area contributed by atoms with Gasteiger partial charge in [-0.3, -0.25) is 0 Å². The molecular weight excluding hydrogens is 264 g/mol. The van der Waals surface area contributed by atoms with E-state index in [1.54, 1.807) is 12.4 Å². The number of aromatic nitrogens is 2. The zero-order valence-electron chi connectivity index (χ0n) is 12.2. The minimum absolute atomic E-state index is 0.234. The predicted molar refractivity (Wildman–Crippen MR) is 84.0 cm³/mol. The van der Waals surface area contributed by atoms with Crippen molar-refractivity contribution >= 4 is 6.08 Å². The average molecular weight is 284 g/mol. The van der Waals surface area contributed by atoms with Gasteiger partial charge < -0.3 is 9.84 Å². The lowest BCUT2D eigenvalue weighted by Crippen LogP contribution is -1.94. The first kappa shape index (κ1) is 15.2. The highest BCUT2D eigenvalue weighted by molar-refractivity contribution is 5.59. The van der Waals surface area contributed by atoms with Crippen LogP contribution in [0.5, 0.6) is 5.75 Å². The van der Waals surface area contributed by atoms with E-state index in [1.807, 2.05) is 31.2 Å². The van der Waals surface area contributed by atoms with Gasteiger partial charge in [0.15, 0.2) is 11.6 Å². The van der Waals surface area contributed by atoms with Gasteiger partial charge in [-0.05, 0) is 25.3 Å². The Labute approximate surface area is 125 Å². The summed E-state index contributed by atoms with van der Waals surface area (Å²) in [5, 5.41) is 8.72. The summed E-state index contributed by atoms with van der Waals surface area (Å²) >= 11 is 0. The van der Waals surface area contributed by atoms with Gasteiger partial charge in [0.05, 0.1) is 19.0 Å². The lowest BCUT2D eigenvalue weighted by molar-refractivity contribution is 0.290. The third-order valence-electron chi connectivity index (χ3n) is 2.95. The highest BCUT2D eigenvalue weighted by Crippen LogP contribution is 2.18. The van der Waals surface area contributed by atoms with Crippen molar-refractivity contribution in [3.8, 4) is 17.1 Å². The van der Waals surface area contributed by atoms with Gasteiger partial charge in [-0.2, -0.15) is 0 Å². The number of hydrogen-bond acceptors (Lipinski definition) is 4. The smallest absolute Gasteiger partial charge is 0.159 e. The predicted octanol–water partition coefficient (Wildman–Crippen LogP) is 3.33. The van der Waals surface area contributed by atoms with Crippen molar-refractivity contribution in [2.24, 2.45) is 0 Å². The lowest BCUT2D eigenvalue weighted by atomic mass is 10.1. The normalized spacial score (nSPS) is 11.0. The van der Waals surface area contributed by atoms with Crippen LogP contribution in [-0.4, -0.2) is 28.3 Å². The molecule has 0 radical (unpaired) electrons. The van der Waals surface area contributed by atoms with Crippen LogP contribution in [0.2, 0.25) is 0 Å². The molecule has 0 saturated heterocycles. The van der Waals surface area contributed by atoms with E-state index in [4.69, 9.17) is 9.84 Å². The second-order valence-electron chi connectivity index (χ2n) is 4.57. The maximum atomic E-state index is 8.72. The third kappa shape index (κ3) is 4.68. The molecule has 4 heteroatoms. The molecule has 21 heavy (non-hydrogen) atoms. The van der Waals surface area contributed by atoms with E-state index in [0.29, 0.717) is 18.2 Å². The van der Waals surface area contributed by atoms with Gasteiger partial charge in [0.2, 0.25) is 0 Å². The zero-order valence-corrected chi connectivity index (χ0v) is 12.2. The Hall–Kier alpha value is -2.20. The Bertz CT molecular complexity index is 562. The van der Waals surface area contributed by atoms with E-state index in [2.05, 4.69) is 22.1 Å². The first-order chi connectivity index (χ1) is 10.3. The molecule has 4 nitrogen and oxygen atoms in total. The number of rotatable bonds is 7. The minimum atomic E-state index is 0.234. The lowest BCUT2D eigenvalue weighted by Gasteiger charge is -2.04. The van der Waals surface area contributed by atoms with E-state index in [1.165, 1.54) is 0 Å². The Kier molecular flexibility index (Phi) is 5.91.